The fourth-order valence-electron chi connectivity index (χ4n) is 4.00. The quantitative estimate of drug-likeness (QED) is 0.239. The molecule has 0 saturated carbocycles. The molecule has 0 aliphatic heterocycles. The van der Waals surface area contributed by atoms with Gasteiger partial charge >= 0.3 is 0 Å². The van der Waals surface area contributed by atoms with Crippen LogP contribution in [0.2, 0.25) is 0 Å². The van der Waals surface area contributed by atoms with Crippen molar-refractivity contribution in [2.45, 2.75) is 12.1 Å². The molecule has 0 fully saturated rings. The van der Waals surface area contributed by atoms with Gasteiger partial charge in [-0.2, -0.15) is 0 Å². The molecule has 4 aromatic carbocycles. The van der Waals surface area contributed by atoms with Gasteiger partial charge in [-0.25, -0.2) is 0 Å². The van der Waals surface area contributed by atoms with Gasteiger partial charge in [-0.3, -0.25) is 9.36 Å². The minimum absolute atomic E-state index is 0.116. The van der Waals surface area contributed by atoms with Gasteiger partial charge in [0.15, 0.2) is 11.0 Å². The maximum absolute atomic E-state index is 13.0. The number of thioether (sulfide) groups is 1. The molecule has 0 atom stereocenters. The zero-order chi connectivity index (χ0) is 25.6. The topological polar surface area (TPSA) is 69.0 Å². The predicted octanol–water partition coefficient (Wildman–Crippen LogP) is 6.65. The second-order valence-corrected chi connectivity index (χ2v) is 9.40. The lowest BCUT2D eigenvalue weighted by Crippen LogP contribution is -2.15. The smallest absolute Gasteiger partial charge is 0.234 e. The Morgan fingerprint density at radius 3 is 2.27 bits per heavy atom. The number of hydrogen-bond acceptors (Lipinski definition) is 5. The largest absolute Gasteiger partial charge is 0.497 e. The van der Waals surface area contributed by atoms with Crippen LogP contribution < -0.4 is 10.1 Å². The summed E-state index contributed by atoms with van der Waals surface area (Å²) in [4.78, 5) is 13.0. The van der Waals surface area contributed by atoms with Crippen molar-refractivity contribution in [3.05, 3.63) is 109 Å². The molecular weight excluding hydrogens is 480 g/mol. The van der Waals surface area contributed by atoms with Crippen molar-refractivity contribution in [3.8, 4) is 34.0 Å². The highest BCUT2D eigenvalue weighted by atomic mass is 32.2. The lowest BCUT2D eigenvalue weighted by Gasteiger charge is -2.13. The number of rotatable bonds is 8. The summed E-state index contributed by atoms with van der Waals surface area (Å²) in [6.45, 7) is 2.05. The van der Waals surface area contributed by atoms with Crippen molar-refractivity contribution in [1.29, 1.82) is 0 Å². The monoisotopic (exact) mass is 506 g/mol. The summed E-state index contributed by atoms with van der Waals surface area (Å²) in [5, 5.41) is 12.6. The molecule has 0 bridgehead atoms. The fraction of sp³-hybridized carbons (Fsp3) is 0.100. The number of methoxy groups -OCH3 is 1. The first-order valence-electron chi connectivity index (χ1n) is 11.9. The van der Waals surface area contributed by atoms with E-state index < -0.39 is 0 Å². The number of benzene rings is 4. The van der Waals surface area contributed by atoms with E-state index in [2.05, 4.69) is 15.5 Å². The average molecular weight is 507 g/mol. The number of aromatic nitrogens is 3. The third-order valence-corrected chi connectivity index (χ3v) is 6.82. The maximum Gasteiger partial charge on any atom is 0.234 e. The van der Waals surface area contributed by atoms with Gasteiger partial charge in [0.25, 0.3) is 0 Å². The molecule has 1 heterocycles. The van der Waals surface area contributed by atoms with Crippen LogP contribution in [-0.2, 0) is 4.79 Å². The van der Waals surface area contributed by atoms with E-state index >= 15 is 0 Å². The Bertz CT molecular complexity index is 1500. The number of carbonyl (C=O) groups excluding carboxylic acids is 1. The summed E-state index contributed by atoms with van der Waals surface area (Å²) < 4.78 is 7.30. The molecule has 0 aliphatic carbocycles. The number of aryl methyl sites for hydroxylation is 1. The summed E-state index contributed by atoms with van der Waals surface area (Å²) in [7, 11) is 1.64. The number of carbonyl (C=O) groups is 1. The molecule has 0 aliphatic rings. The van der Waals surface area contributed by atoms with Crippen LogP contribution in [0.1, 0.15) is 5.56 Å². The Morgan fingerprint density at radius 1 is 0.838 bits per heavy atom. The predicted molar refractivity (Wildman–Crippen MR) is 149 cm³/mol. The van der Waals surface area contributed by atoms with Crippen molar-refractivity contribution in [3.63, 3.8) is 0 Å². The highest BCUT2D eigenvalue weighted by molar-refractivity contribution is 7.99. The number of para-hydroxylation sites is 1. The molecule has 7 heteroatoms. The first-order valence-corrected chi connectivity index (χ1v) is 12.8. The number of anilines is 1. The molecule has 0 unspecified atom stereocenters. The Hall–Kier alpha value is -4.36. The van der Waals surface area contributed by atoms with Gasteiger partial charge in [0, 0.05) is 22.5 Å². The molecule has 184 valence electrons. The third kappa shape index (κ3) is 5.57. The van der Waals surface area contributed by atoms with Crippen molar-refractivity contribution in [1.82, 2.24) is 14.8 Å². The van der Waals surface area contributed by atoms with Gasteiger partial charge in [-0.05, 0) is 42.8 Å². The van der Waals surface area contributed by atoms with Crippen LogP contribution in [0.25, 0.3) is 28.2 Å². The Kier molecular flexibility index (Phi) is 7.33. The van der Waals surface area contributed by atoms with Crippen molar-refractivity contribution in [2.24, 2.45) is 0 Å². The number of amides is 1. The summed E-state index contributed by atoms with van der Waals surface area (Å²) in [6.07, 6.45) is 0. The van der Waals surface area contributed by atoms with Crippen molar-refractivity contribution in [2.75, 3.05) is 18.2 Å². The zero-order valence-corrected chi connectivity index (χ0v) is 21.4. The summed E-state index contributed by atoms with van der Waals surface area (Å²) >= 11 is 1.35. The van der Waals surface area contributed by atoms with Crippen LogP contribution in [0.4, 0.5) is 5.69 Å². The number of nitrogens with zero attached hydrogens (tertiary/aromatic N) is 3. The first kappa shape index (κ1) is 24.3. The van der Waals surface area contributed by atoms with Crippen LogP contribution in [0.5, 0.6) is 5.75 Å². The molecule has 6 nitrogen and oxygen atoms in total. The lowest BCUT2D eigenvalue weighted by molar-refractivity contribution is -0.113. The normalized spacial score (nSPS) is 10.8. The number of hydrogen-bond donors (Lipinski definition) is 1. The standard InChI is InChI=1S/C30H26N4O2S/c1-21-12-14-23(15-13-21)29-32-33-30(34(29)24-16-18-25(36-2)19-17-24)37-20-28(35)31-27-11-7-6-10-26(27)22-8-4-3-5-9-22/h3-19H,20H2,1-2H3,(H,31,35). The molecule has 5 rings (SSSR count). The van der Waals surface area contributed by atoms with Gasteiger partial charge in [-0.15, -0.1) is 10.2 Å². The molecule has 1 aromatic heterocycles. The average Bonchev–Trinajstić information content (AvgIpc) is 3.37. The highest BCUT2D eigenvalue weighted by Gasteiger charge is 2.18. The summed E-state index contributed by atoms with van der Waals surface area (Å²) in [5.41, 5.74) is 5.80. The Labute approximate surface area is 220 Å². The molecule has 1 amide bonds. The van der Waals surface area contributed by atoms with Crippen LogP contribution in [0.15, 0.2) is 108 Å². The zero-order valence-electron chi connectivity index (χ0n) is 20.6. The van der Waals surface area contributed by atoms with Gasteiger partial charge < -0.3 is 10.1 Å². The third-order valence-electron chi connectivity index (χ3n) is 5.89. The van der Waals surface area contributed by atoms with E-state index in [1.807, 2.05) is 115 Å². The summed E-state index contributed by atoms with van der Waals surface area (Å²) in [5.74, 6) is 1.54. The van der Waals surface area contributed by atoms with Crippen LogP contribution >= 0.6 is 11.8 Å². The Balaban J connectivity index is 1.39. The minimum Gasteiger partial charge on any atom is -0.497 e. The molecule has 5 aromatic rings. The van der Waals surface area contributed by atoms with Crippen LogP contribution in [0, 0.1) is 6.92 Å². The maximum atomic E-state index is 13.0. The van der Waals surface area contributed by atoms with E-state index in [1.54, 1.807) is 7.11 Å². The van der Waals surface area contributed by atoms with E-state index in [9.17, 15) is 4.79 Å². The molecule has 1 N–H and O–H groups in total. The van der Waals surface area contributed by atoms with Crippen molar-refractivity contribution < 1.29 is 9.53 Å². The number of nitrogens with one attached hydrogen (secondary N) is 1. The van der Waals surface area contributed by atoms with Gasteiger partial charge in [0.05, 0.1) is 12.9 Å². The molecule has 0 spiro atoms. The van der Waals surface area contributed by atoms with Crippen LogP contribution in [-0.4, -0.2) is 33.5 Å². The molecule has 0 radical (unpaired) electrons. The van der Waals surface area contributed by atoms with Crippen LogP contribution in [0.3, 0.4) is 0 Å². The first-order chi connectivity index (χ1) is 18.1. The van der Waals surface area contributed by atoms with E-state index in [4.69, 9.17) is 4.74 Å². The highest BCUT2D eigenvalue weighted by Crippen LogP contribution is 2.30. The molecular formula is C30H26N4O2S. The molecule has 0 saturated heterocycles. The van der Waals surface area contributed by atoms with Crippen molar-refractivity contribution >= 4 is 23.4 Å². The van der Waals surface area contributed by atoms with Gasteiger partial charge in [0.1, 0.15) is 5.75 Å². The van der Waals surface area contributed by atoms with Gasteiger partial charge in [0.2, 0.25) is 5.91 Å². The summed E-state index contributed by atoms with van der Waals surface area (Å²) in [6, 6.07) is 33.7. The number of ether oxygens (including phenoxy) is 1. The second kappa shape index (κ2) is 11.1. The minimum atomic E-state index is -0.116. The van der Waals surface area contributed by atoms with Gasteiger partial charge in [-0.1, -0.05) is 90.1 Å². The van der Waals surface area contributed by atoms with E-state index in [-0.39, 0.29) is 11.7 Å². The van der Waals surface area contributed by atoms with E-state index in [1.165, 1.54) is 17.3 Å². The SMILES string of the molecule is COc1ccc(-n2c(SCC(=O)Nc3ccccc3-c3ccccc3)nnc2-c2ccc(C)cc2)cc1. The van der Waals surface area contributed by atoms with E-state index in [0.29, 0.717) is 11.0 Å². The van der Waals surface area contributed by atoms with E-state index in [0.717, 1.165) is 33.8 Å². The molecule has 37 heavy (non-hydrogen) atoms. The fourth-order valence-corrected chi connectivity index (χ4v) is 4.75. The lowest BCUT2D eigenvalue weighted by atomic mass is 10.0. The Morgan fingerprint density at radius 2 is 1.54 bits per heavy atom. The second-order valence-electron chi connectivity index (χ2n) is 8.45.